The normalized spacial score (nSPS) is 32.3. The molecule has 0 nitrogen and oxygen atoms in total. The topological polar surface area (TPSA) is 0 Å². The molecule has 0 aromatic heterocycles. The van der Waals surface area contributed by atoms with Gasteiger partial charge < -0.3 is 0 Å². The molecule has 0 heterocycles. The molecular weight excluding hydrogens is 276 g/mol. The molecule has 2 rings (SSSR count). The predicted molar refractivity (Wildman–Crippen MR) is 108 cm³/mol. The van der Waals surface area contributed by atoms with E-state index in [1.54, 1.807) is 0 Å². The van der Waals surface area contributed by atoms with Crippen LogP contribution in [0.5, 0.6) is 0 Å². The van der Waals surface area contributed by atoms with Gasteiger partial charge in [-0.1, -0.05) is 88.5 Å². The zero-order valence-electron chi connectivity index (χ0n) is 17.0. The highest BCUT2D eigenvalue weighted by molar-refractivity contribution is 4.80. The van der Waals surface area contributed by atoms with Crippen LogP contribution in [-0.4, -0.2) is 0 Å². The molecule has 2 aliphatic rings. The average molecular weight is 325 g/mol. The molecule has 0 aromatic rings. The SMILES string of the molecule is C.CC1CCC(C(C)(C)C)CC1.CC1CCCC(C(C)(C)C)C1. The van der Waals surface area contributed by atoms with E-state index < -0.39 is 0 Å². The lowest BCUT2D eigenvalue weighted by molar-refractivity contribution is 0.148. The van der Waals surface area contributed by atoms with Crippen LogP contribution in [0.25, 0.3) is 0 Å². The lowest BCUT2D eigenvalue weighted by Gasteiger charge is -2.36. The van der Waals surface area contributed by atoms with Crippen LogP contribution in [0.4, 0.5) is 0 Å². The summed E-state index contributed by atoms with van der Waals surface area (Å²) in [5.74, 6) is 3.94. The van der Waals surface area contributed by atoms with Crippen molar-refractivity contribution < 1.29 is 0 Å². The minimum atomic E-state index is 0. The molecule has 0 saturated heterocycles. The minimum absolute atomic E-state index is 0. The number of hydrogen-bond donors (Lipinski definition) is 0. The van der Waals surface area contributed by atoms with E-state index in [-0.39, 0.29) is 7.43 Å². The second-order valence-corrected chi connectivity index (χ2v) is 10.7. The molecule has 0 aliphatic heterocycles. The molecule has 0 N–H and O–H groups in total. The van der Waals surface area contributed by atoms with Gasteiger partial charge in [0.15, 0.2) is 0 Å². The maximum atomic E-state index is 2.40. The summed E-state index contributed by atoms with van der Waals surface area (Å²) in [7, 11) is 0. The molecule has 23 heavy (non-hydrogen) atoms. The first-order chi connectivity index (χ1) is 10.00. The standard InChI is InChI=1S/2C11H22.CH4/c1-9-5-7-10(8-6-9)11(2,3)4;1-9-6-5-7-10(8-9)11(2,3)4;/h2*9-10H,5-8H2,1-4H3;1H4. The smallest absolute Gasteiger partial charge is 0.0354 e. The Balaban J connectivity index is 0.000000403. The summed E-state index contributed by atoms with van der Waals surface area (Å²) in [6, 6.07) is 0. The van der Waals surface area contributed by atoms with Gasteiger partial charge in [-0.15, -0.1) is 0 Å². The molecule has 2 atom stereocenters. The van der Waals surface area contributed by atoms with E-state index in [1.807, 2.05) is 0 Å². The van der Waals surface area contributed by atoms with Crippen molar-refractivity contribution in [3.8, 4) is 0 Å². The fourth-order valence-electron chi connectivity index (χ4n) is 4.35. The fraction of sp³-hybridized carbons (Fsp3) is 1.00. The Morgan fingerprint density at radius 3 is 1.39 bits per heavy atom. The first-order valence-corrected chi connectivity index (χ1v) is 10.00. The molecule has 2 aliphatic carbocycles. The van der Waals surface area contributed by atoms with E-state index >= 15 is 0 Å². The van der Waals surface area contributed by atoms with Crippen molar-refractivity contribution in [3.63, 3.8) is 0 Å². The highest BCUT2D eigenvalue weighted by Crippen LogP contribution is 2.40. The summed E-state index contributed by atoms with van der Waals surface area (Å²) in [6.07, 6.45) is 11.7. The first-order valence-electron chi connectivity index (χ1n) is 10.00. The number of hydrogen-bond acceptors (Lipinski definition) is 0. The monoisotopic (exact) mass is 324 g/mol. The van der Waals surface area contributed by atoms with Crippen LogP contribution in [0, 0.1) is 34.5 Å². The predicted octanol–water partition coefficient (Wildman–Crippen LogP) is 8.35. The van der Waals surface area contributed by atoms with Crippen molar-refractivity contribution in [2.45, 2.75) is 114 Å². The summed E-state index contributed by atoms with van der Waals surface area (Å²) < 4.78 is 0. The summed E-state index contributed by atoms with van der Waals surface area (Å²) in [5.41, 5.74) is 1.11. The first kappa shape index (κ1) is 23.0. The largest absolute Gasteiger partial charge is 0.0776 e. The van der Waals surface area contributed by atoms with Crippen LogP contribution in [0.1, 0.15) is 114 Å². The lowest BCUT2D eigenvalue weighted by Crippen LogP contribution is -2.25. The molecule has 0 radical (unpaired) electrons. The Kier molecular flexibility index (Phi) is 9.47. The molecule has 2 fully saturated rings. The van der Waals surface area contributed by atoms with Gasteiger partial charge in [-0.05, 0) is 60.2 Å². The summed E-state index contributed by atoms with van der Waals surface area (Å²) in [4.78, 5) is 0. The highest BCUT2D eigenvalue weighted by atomic mass is 14.3. The van der Waals surface area contributed by atoms with Gasteiger partial charge in [0.2, 0.25) is 0 Å². The van der Waals surface area contributed by atoms with Crippen LogP contribution in [0.2, 0.25) is 0 Å². The maximum Gasteiger partial charge on any atom is -0.0354 e. The van der Waals surface area contributed by atoms with E-state index in [1.165, 1.54) is 51.4 Å². The third-order valence-electron chi connectivity index (χ3n) is 6.40. The van der Waals surface area contributed by atoms with Crippen LogP contribution in [-0.2, 0) is 0 Å². The molecule has 0 amide bonds. The second kappa shape index (κ2) is 9.47. The van der Waals surface area contributed by atoms with Gasteiger partial charge in [-0.3, -0.25) is 0 Å². The van der Waals surface area contributed by atoms with Crippen LogP contribution < -0.4 is 0 Å². The van der Waals surface area contributed by atoms with Crippen molar-refractivity contribution in [2.24, 2.45) is 34.5 Å². The number of rotatable bonds is 0. The third-order valence-corrected chi connectivity index (χ3v) is 6.40. The van der Waals surface area contributed by atoms with Gasteiger partial charge in [0.05, 0.1) is 0 Å². The molecule has 0 aromatic carbocycles. The Labute approximate surface area is 149 Å². The van der Waals surface area contributed by atoms with Gasteiger partial charge in [-0.25, -0.2) is 0 Å². The summed E-state index contributed by atoms with van der Waals surface area (Å²) in [5, 5.41) is 0. The van der Waals surface area contributed by atoms with E-state index in [4.69, 9.17) is 0 Å². The maximum absolute atomic E-state index is 2.40. The van der Waals surface area contributed by atoms with E-state index in [2.05, 4.69) is 55.4 Å². The van der Waals surface area contributed by atoms with Gasteiger partial charge >= 0.3 is 0 Å². The summed E-state index contributed by atoms with van der Waals surface area (Å²) >= 11 is 0. The molecule has 2 unspecified atom stereocenters. The molecular formula is C23H48. The molecule has 140 valence electrons. The van der Waals surface area contributed by atoms with Gasteiger partial charge in [0, 0.05) is 0 Å². The Bertz CT molecular complexity index is 293. The van der Waals surface area contributed by atoms with Gasteiger partial charge in [0.1, 0.15) is 0 Å². The van der Waals surface area contributed by atoms with Crippen molar-refractivity contribution in [3.05, 3.63) is 0 Å². The van der Waals surface area contributed by atoms with Crippen molar-refractivity contribution in [1.82, 2.24) is 0 Å². The summed E-state index contributed by atoms with van der Waals surface area (Å²) in [6.45, 7) is 19.1. The molecule has 0 spiro atoms. The van der Waals surface area contributed by atoms with Gasteiger partial charge in [-0.2, -0.15) is 0 Å². The Morgan fingerprint density at radius 2 is 1.04 bits per heavy atom. The van der Waals surface area contributed by atoms with Crippen molar-refractivity contribution in [1.29, 1.82) is 0 Å². The Hall–Kier alpha value is 0. The minimum Gasteiger partial charge on any atom is -0.0776 e. The quantitative estimate of drug-likeness (QED) is 0.420. The fourth-order valence-corrected chi connectivity index (χ4v) is 4.35. The van der Waals surface area contributed by atoms with E-state index in [9.17, 15) is 0 Å². The second-order valence-electron chi connectivity index (χ2n) is 10.7. The molecule has 0 heteroatoms. The van der Waals surface area contributed by atoms with Gasteiger partial charge in [0.25, 0.3) is 0 Å². The Morgan fingerprint density at radius 1 is 0.565 bits per heavy atom. The van der Waals surface area contributed by atoms with Crippen molar-refractivity contribution >= 4 is 0 Å². The van der Waals surface area contributed by atoms with E-state index in [0.29, 0.717) is 10.8 Å². The zero-order valence-corrected chi connectivity index (χ0v) is 17.0. The zero-order chi connectivity index (χ0) is 17.0. The lowest BCUT2D eigenvalue weighted by atomic mass is 9.69. The van der Waals surface area contributed by atoms with Crippen molar-refractivity contribution in [2.75, 3.05) is 0 Å². The average Bonchev–Trinajstić information content (AvgIpc) is 2.38. The highest BCUT2D eigenvalue weighted by Gasteiger charge is 2.29. The third kappa shape index (κ3) is 8.59. The molecule has 2 saturated carbocycles. The van der Waals surface area contributed by atoms with E-state index in [0.717, 1.165) is 23.7 Å². The van der Waals surface area contributed by atoms with Crippen LogP contribution in [0.3, 0.4) is 0 Å². The van der Waals surface area contributed by atoms with Crippen LogP contribution in [0.15, 0.2) is 0 Å². The molecule has 0 bridgehead atoms. The van der Waals surface area contributed by atoms with Crippen LogP contribution >= 0.6 is 0 Å².